The number of likely N-dealkylation sites (tertiary alicyclic amines) is 1. The Hall–Kier alpha value is -1.76. The molecule has 0 bridgehead atoms. The van der Waals surface area contributed by atoms with Crippen molar-refractivity contribution in [3.63, 3.8) is 0 Å². The monoisotopic (exact) mass is 348 g/mol. The Morgan fingerprint density at radius 1 is 1.17 bits per heavy atom. The van der Waals surface area contributed by atoms with E-state index < -0.39 is 28.6 Å². The molecule has 1 heterocycles. The predicted octanol–water partition coefficient (Wildman–Crippen LogP) is 2.99. The van der Waals surface area contributed by atoms with Crippen molar-refractivity contribution < 1.29 is 22.8 Å². The van der Waals surface area contributed by atoms with Crippen molar-refractivity contribution in [3.05, 3.63) is 34.3 Å². The smallest absolute Gasteiger partial charge is 0.344 e. The molecule has 0 saturated carbocycles. The molecule has 0 aromatic heterocycles. The summed E-state index contributed by atoms with van der Waals surface area (Å²) in [6.07, 6.45) is -1.84. The molecular formula is C15H16ClF3N2O2. The first kappa shape index (κ1) is 17.6. The lowest BCUT2D eigenvalue weighted by atomic mass is 10.1. The highest BCUT2D eigenvalue weighted by Gasteiger charge is 2.33. The fourth-order valence-electron chi connectivity index (χ4n) is 2.40. The molecule has 1 aliphatic rings. The quantitative estimate of drug-likeness (QED) is 0.835. The van der Waals surface area contributed by atoms with Gasteiger partial charge >= 0.3 is 18.0 Å². The van der Waals surface area contributed by atoms with Crippen LogP contribution in [0.2, 0.25) is 5.02 Å². The zero-order chi connectivity index (χ0) is 17.0. The van der Waals surface area contributed by atoms with Crippen LogP contribution in [0.4, 0.5) is 13.2 Å². The lowest BCUT2D eigenvalue weighted by molar-refractivity contribution is -0.146. The molecule has 0 aliphatic carbocycles. The van der Waals surface area contributed by atoms with Crippen molar-refractivity contribution >= 4 is 23.4 Å². The van der Waals surface area contributed by atoms with Gasteiger partial charge in [0.1, 0.15) is 0 Å². The van der Waals surface area contributed by atoms with Gasteiger partial charge in [-0.2, -0.15) is 13.2 Å². The number of halogens is 4. The third-order valence-electron chi connectivity index (χ3n) is 3.63. The van der Waals surface area contributed by atoms with Crippen molar-refractivity contribution in [1.29, 1.82) is 0 Å². The first-order chi connectivity index (χ1) is 10.8. The number of hydrogen-bond acceptors (Lipinski definition) is 2. The number of nitrogens with one attached hydrogen (secondary N) is 1. The first-order valence-corrected chi connectivity index (χ1v) is 7.59. The third kappa shape index (κ3) is 4.60. The highest BCUT2D eigenvalue weighted by molar-refractivity contribution is 6.35. The number of piperidine rings is 1. The van der Waals surface area contributed by atoms with E-state index in [-0.39, 0.29) is 12.1 Å². The zero-order valence-corrected chi connectivity index (χ0v) is 13.0. The highest BCUT2D eigenvalue weighted by Crippen LogP contribution is 2.35. The van der Waals surface area contributed by atoms with Crippen LogP contribution >= 0.6 is 11.6 Å². The molecule has 0 spiro atoms. The van der Waals surface area contributed by atoms with Crippen LogP contribution in [-0.4, -0.2) is 29.8 Å². The molecule has 2 amide bonds. The Balaban J connectivity index is 1.97. The van der Waals surface area contributed by atoms with Gasteiger partial charge in [0.25, 0.3) is 0 Å². The molecule has 8 heteroatoms. The Morgan fingerprint density at radius 2 is 1.83 bits per heavy atom. The fourth-order valence-corrected chi connectivity index (χ4v) is 2.62. The number of benzene rings is 1. The summed E-state index contributed by atoms with van der Waals surface area (Å²) < 4.78 is 38.3. The largest absolute Gasteiger partial charge is 0.417 e. The van der Waals surface area contributed by atoms with Crippen LogP contribution in [0.5, 0.6) is 0 Å². The average Bonchev–Trinajstić information content (AvgIpc) is 2.52. The summed E-state index contributed by atoms with van der Waals surface area (Å²) in [5, 5.41) is 1.95. The number of amides is 2. The molecule has 0 radical (unpaired) electrons. The molecule has 2 rings (SSSR count). The van der Waals surface area contributed by atoms with E-state index in [2.05, 4.69) is 5.32 Å². The maximum Gasteiger partial charge on any atom is 0.417 e. The van der Waals surface area contributed by atoms with E-state index in [0.717, 1.165) is 31.4 Å². The lowest BCUT2D eigenvalue weighted by Crippen LogP contribution is -2.44. The van der Waals surface area contributed by atoms with E-state index in [0.29, 0.717) is 13.1 Å². The van der Waals surface area contributed by atoms with Gasteiger partial charge in [0, 0.05) is 19.6 Å². The molecule has 0 atom stereocenters. The molecule has 126 valence electrons. The number of carbonyl (C=O) groups is 2. The maximum atomic E-state index is 12.8. The standard InChI is InChI=1S/C15H16ClF3N2O2/c16-12-5-4-10(8-11(12)15(17,18)19)9-20-13(22)14(23)21-6-2-1-3-7-21/h4-5,8H,1-3,6-7,9H2,(H,20,22). The van der Waals surface area contributed by atoms with Gasteiger partial charge in [-0.25, -0.2) is 0 Å². The van der Waals surface area contributed by atoms with Crippen LogP contribution in [0, 0.1) is 0 Å². The van der Waals surface area contributed by atoms with E-state index >= 15 is 0 Å². The van der Waals surface area contributed by atoms with Crippen molar-refractivity contribution in [1.82, 2.24) is 10.2 Å². The first-order valence-electron chi connectivity index (χ1n) is 7.22. The van der Waals surface area contributed by atoms with Crippen molar-refractivity contribution in [2.24, 2.45) is 0 Å². The van der Waals surface area contributed by atoms with Gasteiger partial charge in [-0.05, 0) is 37.0 Å². The van der Waals surface area contributed by atoms with Crippen LogP contribution in [0.1, 0.15) is 30.4 Å². The molecule has 0 unspecified atom stereocenters. The van der Waals surface area contributed by atoms with Crippen molar-refractivity contribution in [2.75, 3.05) is 13.1 Å². The predicted molar refractivity (Wildman–Crippen MR) is 78.7 cm³/mol. The molecule has 1 aromatic rings. The van der Waals surface area contributed by atoms with E-state index in [1.54, 1.807) is 0 Å². The summed E-state index contributed by atoms with van der Waals surface area (Å²) in [6.45, 7) is 0.898. The molecule has 1 aliphatic heterocycles. The molecule has 1 aromatic carbocycles. The molecule has 23 heavy (non-hydrogen) atoms. The summed E-state index contributed by atoms with van der Waals surface area (Å²) in [4.78, 5) is 25.2. The minimum absolute atomic E-state index is 0.168. The van der Waals surface area contributed by atoms with Crippen LogP contribution in [0.15, 0.2) is 18.2 Å². The fraction of sp³-hybridized carbons (Fsp3) is 0.467. The number of carbonyl (C=O) groups excluding carboxylic acids is 2. The minimum atomic E-state index is -4.57. The second-order valence-electron chi connectivity index (χ2n) is 5.35. The molecular weight excluding hydrogens is 333 g/mol. The summed E-state index contributed by atoms with van der Waals surface area (Å²) in [7, 11) is 0. The zero-order valence-electron chi connectivity index (χ0n) is 12.3. The third-order valence-corrected chi connectivity index (χ3v) is 3.96. The van der Waals surface area contributed by atoms with Gasteiger partial charge in [-0.3, -0.25) is 9.59 Å². The second-order valence-corrected chi connectivity index (χ2v) is 5.75. The van der Waals surface area contributed by atoms with Gasteiger partial charge in [-0.15, -0.1) is 0 Å². The highest BCUT2D eigenvalue weighted by atomic mass is 35.5. The number of hydrogen-bond donors (Lipinski definition) is 1. The van der Waals surface area contributed by atoms with Gasteiger partial charge in [0.05, 0.1) is 10.6 Å². The SMILES string of the molecule is O=C(NCc1ccc(Cl)c(C(F)(F)F)c1)C(=O)N1CCCCC1. The minimum Gasteiger partial charge on any atom is -0.344 e. The average molecular weight is 349 g/mol. The van der Waals surface area contributed by atoms with Gasteiger partial charge in [-0.1, -0.05) is 17.7 Å². The van der Waals surface area contributed by atoms with E-state index in [1.165, 1.54) is 11.0 Å². The van der Waals surface area contributed by atoms with Crippen molar-refractivity contribution in [2.45, 2.75) is 32.0 Å². The Morgan fingerprint density at radius 3 is 2.43 bits per heavy atom. The van der Waals surface area contributed by atoms with Crippen LogP contribution < -0.4 is 5.32 Å². The lowest BCUT2D eigenvalue weighted by Gasteiger charge is -2.25. The second kappa shape index (κ2) is 7.21. The van der Waals surface area contributed by atoms with E-state index in [9.17, 15) is 22.8 Å². The summed E-state index contributed by atoms with van der Waals surface area (Å²) in [5.41, 5.74) is -0.741. The summed E-state index contributed by atoms with van der Waals surface area (Å²) in [6, 6.07) is 3.37. The van der Waals surface area contributed by atoms with E-state index in [4.69, 9.17) is 11.6 Å². The van der Waals surface area contributed by atoms with Crippen LogP contribution in [0.25, 0.3) is 0 Å². The number of alkyl halides is 3. The molecule has 1 saturated heterocycles. The topological polar surface area (TPSA) is 49.4 Å². The van der Waals surface area contributed by atoms with Crippen LogP contribution in [0.3, 0.4) is 0 Å². The van der Waals surface area contributed by atoms with Gasteiger partial charge in [0.15, 0.2) is 0 Å². The van der Waals surface area contributed by atoms with Gasteiger partial charge < -0.3 is 10.2 Å². The molecule has 4 nitrogen and oxygen atoms in total. The van der Waals surface area contributed by atoms with Crippen molar-refractivity contribution in [3.8, 4) is 0 Å². The van der Waals surface area contributed by atoms with Gasteiger partial charge in [0.2, 0.25) is 0 Å². The molecule has 1 fully saturated rings. The van der Waals surface area contributed by atoms with E-state index in [1.807, 2.05) is 0 Å². The Kier molecular flexibility index (Phi) is 5.51. The Labute approximate surface area is 136 Å². The normalized spacial score (nSPS) is 15.4. The maximum absolute atomic E-state index is 12.8. The number of nitrogens with zero attached hydrogens (tertiary/aromatic N) is 1. The number of rotatable bonds is 2. The summed E-state index contributed by atoms with van der Waals surface area (Å²) >= 11 is 5.53. The van der Waals surface area contributed by atoms with Crippen LogP contribution in [-0.2, 0) is 22.3 Å². The Bertz CT molecular complexity index is 599. The summed E-state index contributed by atoms with van der Waals surface area (Å²) in [5.74, 6) is -1.45. The molecule has 1 N–H and O–H groups in total.